The van der Waals surface area contributed by atoms with E-state index in [1.165, 1.54) is 0 Å². The second kappa shape index (κ2) is 11.2. The van der Waals surface area contributed by atoms with E-state index in [1.807, 2.05) is 0 Å². The number of carbonyl (C=O) groups is 1. The van der Waals surface area contributed by atoms with Gasteiger partial charge in [-0.15, -0.1) is 5.10 Å². The van der Waals surface area contributed by atoms with E-state index in [-0.39, 0.29) is 5.82 Å². The number of carbonyl (C=O) groups excluding carboxylic acids is 1. The molecule has 0 atom stereocenters. The van der Waals surface area contributed by atoms with Crippen LogP contribution in [0.1, 0.15) is 69.8 Å². The molecule has 2 aromatic rings. The number of nitrogens with zero attached hydrogens (tertiary/aromatic N) is 5. The molecule has 0 spiro atoms. The van der Waals surface area contributed by atoms with Crippen molar-refractivity contribution < 1.29 is 14.0 Å². The monoisotopic (exact) mass is 420 g/mol. The molecule has 166 valence electrons. The van der Waals surface area contributed by atoms with Gasteiger partial charge in [-0.25, -0.2) is 14.4 Å². The highest BCUT2D eigenvalue weighted by atomic mass is 19.1. The van der Waals surface area contributed by atoms with E-state index >= 15 is 0 Å². The number of fused-ring (bicyclic) bond motifs is 1. The first-order chi connectivity index (χ1) is 14.6. The van der Waals surface area contributed by atoms with Crippen LogP contribution in [0.25, 0.3) is 11.0 Å². The summed E-state index contributed by atoms with van der Waals surface area (Å²) in [5, 5.41) is 4.40. The summed E-state index contributed by atoms with van der Waals surface area (Å²) in [5.74, 6) is 0.981. The number of rotatable bonds is 12. The van der Waals surface area contributed by atoms with Gasteiger partial charge in [-0.1, -0.05) is 31.0 Å². The summed E-state index contributed by atoms with van der Waals surface area (Å²) >= 11 is 0. The molecular weight excluding hydrogens is 387 g/mol. The van der Waals surface area contributed by atoms with Gasteiger partial charge in [0.1, 0.15) is 17.5 Å². The molecule has 1 saturated heterocycles. The summed E-state index contributed by atoms with van der Waals surface area (Å²) in [6.07, 6.45) is 8.55. The van der Waals surface area contributed by atoms with Gasteiger partial charge >= 0.3 is 6.47 Å². The number of nitrogen functional groups attached to an aromatic ring is 1. The van der Waals surface area contributed by atoms with Crippen LogP contribution in [0.2, 0.25) is 0 Å². The molecule has 30 heavy (non-hydrogen) atoms. The van der Waals surface area contributed by atoms with Gasteiger partial charge in [-0.2, -0.15) is 0 Å². The molecule has 0 amide bonds. The highest BCUT2D eigenvalue weighted by Crippen LogP contribution is 2.23. The standard InChI is InChI=1S/C21H33FN6O2/c1-2-3-9-18-24-19-17(26-28(30-15-29)20(19)21(23)25-18)8-6-4-5-7-12-27-13-10-16(22)11-14-27/h15-16H,2-14H2,1H3,(H2,23,24,25). The first-order valence-electron chi connectivity index (χ1n) is 11.1. The molecular formula is C21H33FN6O2. The molecule has 3 rings (SSSR count). The molecule has 2 N–H and O–H groups in total. The molecule has 1 fully saturated rings. The zero-order chi connectivity index (χ0) is 21.3. The van der Waals surface area contributed by atoms with Gasteiger partial charge in [0.2, 0.25) is 0 Å². The van der Waals surface area contributed by atoms with Gasteiger partial charge in [0.05, 0.1) is 5.69 Å². The topological polar surface area (TPSA) is 99.2 Å². The van der Waals surface area contributed by atoms with Gasteiger partial charge in [-0.05, 0) is 45.1 Å². The van der Waals surface area contributed by atoms with Gasteiger partial charge in [0.15, 0.2) is 11.3 Å². The summed E-state index contributed by atoms with van der Waals surface area (Å²) in [6, 6.07) is 0. The van der Waals surface area contributed by atoms with Crippen LogP contribution in [0, 0.1) is 0 Å². The van der Waals surface area contributed by atoms with Crippen molar-refractivity contribution in [3.63, 3.8) is 0 Å². The predicted octanol–water partition coefficient (Wildman–Crippen LogP) is 2.87. The Bertz CT molecular complexity index is 819. The summed E-state index contributed by atoms with van der Waals surface area (Å²) in [7, 11) is 0. The summed E-state index contributed by atoms with van der Waals surface area (Å²) in [6.45, 7) is 5.24. The molecule has 2 aromatic heterocycles. The number of aromatic nitrogens is 4. The third-order valence-electron chi connectivity index (χ3n) is 5.69. The number of piperidine rings is 1. The van der Waals surface area contributed by atoms with Gasteiger partial charge < -0.3 is 15.5 Å². The van der Waals surface area contributed by atoms with Crippen LogP contribution in [0.4, 0.5) is 10.2 Å². The maximum absolute atomic E-state index is 13.2. The molecule has 0 aliphatic carbocycles. The molecule has 3 heterocycles. The second-order valence-corrected chi connectivity index (χ2v) is 8.03. The zero-order valence-corrected chi connectivity index (χ0v) is 17.9. The van der Waals surface area contributed by atoms with Gasteiger partial charge in [-0.3, -0.25) is 4.79 Å². The molecule has 9 heteroatoms. The third-order valence-corrected chi connectivity index (χ3v) is 5.69. The van der Waals surface area contributed by atoms with Crippen molar-refractivity contribution in [1.82, 2.24) is 24.8 Å². The van der Waals surface area contributed by atoms with E-state index in [0.717, 1.165) is 81.5 Å². The Morgan fingerprint density at radius 1 is 1.13 bits per heavy atom. The number of halogens is 1. The first kappa shape index (κ1) is 22.4. The van der Waals surface area contributed by atoms with Crippen LogP contribution in [0.3, 0.4) is 0 Å². The van der Waals surface area contributed by atoms with E-state index in [2.05, 4.69) is 26.9 Å². The maximum atomic E-state index is 13.2. The third kappa shape index (κ3) is 5.87. The molecule has 0 saturated carbocycles. The molecule has 8 nitrogen and oxygen atoms in total. The average Bonchev–Trinajstić information content (AvgIpc) is 3.08. The number of alkyl halides is 1. The lowest BCUT2D eigenvalue weighted by Crippen LogP contribution is -2.35. The Kier molecular flexibility index (Phi) is 8.36. The van der Waals surface area contributed by atoms with Crippen LogP contribution in [-0.2, 0) is 17.6 Å². The van der Waals surface area contributed by atoms with E-state index in [0.29, 0.717) is 36.2 Å². The van der Waals surface area contributed by atoms with Crippen molar-refractivity contribution in [2.24, 2.45) is 0 Å². The van der Waals surface area contributed by atoms with Gasteiger partial charge in [0.25, 0.3) is 0 Å². The number of anilines is 1. The number of aryl methyl sites for hydroxylation is 2. The van der Waals surface area contributed by atoms with Crippen molar-refractivity contribution >= 4 is 23.3 Å². The number of unbranched alkanes of at least 4 members (excludes halogenated alkanes) is 4. The number of hydrogen-bond donors (Lipinski definition) is 1. The van der Waals surface area contributed by atoms with Crippen molar-refractivity contribution in [2.45, 2.75) is 77.3 Å². The Morgan fingerprint density at radius 3 is 2.63 bits per heavy atom. The minimum absolute atomic E-state index is 0.281. The van der Waals surface area contributed by atoms with E-state index < -0.39 is 6.17 Å². The summed E-state index contributed by atoms with van der Waals surface area (Å²) in [5.41, 5.74) is 8.02. The summed E-state index contributed by atoms with van der Waals surface area (Å²) < 4.78 is 13.2. The maximum Gasteiger partial charge on any atom is 0.323 e. The molecule has 1 aliphatic heterocycles. The predicted molar refractivity (Wildman–Crippen MR) is 114 cm³/mol. The van der Waals surface area contributed by atoms with E-state index in [9.17, 15) is 9.18 Å². The highest BCUT2D eigenvalue weighted by molar-refractivity contribution is 5.86. The molecule has 0 bridgehead atoms. The van der Waals surface area contributed by atoms with Crippen molar-refractivity contribution in [3.8, 4) is 0 Å². The lowest BCUT2D eigenvalue weighted by atomic mass is 10.1. The fraction of sp³-hybridized carbons (Fsp3) is 0.714. The van der Waals surface area contributed by atoms with Crippen molar-refractivity contribution in [1.29, 1.82) is 0 Å². The van der Waals surface area contributed by atoms with Crippen LogP contribution in [-0.4, -0.2) is 57.1 Å². The van der Waals surface area contributed by atoms with Crippen LogP contribution in [0.5, 0.6) is 0 Å². The molecule has 1 aliphatic rings. The number of nitrogens with two attached hydrogens (primary N) is 1. The lowest BCUT2D eigenvalue weighted by Gasteiger charge is -2.28. The SMILES string of the molecule is CCCCc1nc(N)c2c(n1)c(CCCCCCN1CCC(F)CC1)nn2OC=O. The highest BCUT2D eigenvalue weighted by Gasteiger charge is 2.19. The van der Waals surface area contributed by atoms with Crippen molar-refractivity contribution in [3.05, 3.63) is 11.5 Å². The molecule has 0 aromatic carbocycles. The first-order valence-corrected chi connectivity index (χ1v) is 11.1. The largest absolute Gasteiger partial charge is 0.382 e. The number of hydrogen-bond acceptors (Lipinski definition) is 7. The Morgan fingerprint density at radius 2 is 1.90 bits per heavy atom. The molecule has 0 unspecified atom stereocenters. The van der Waals surface area contributed by atoms with Crippen molar-refractivity contribution in [2.75, 3.05) is 25.4 Å². The Hall–Kier alpha value is -2.29. The minimum Gasteiger partial charge on any atom is -0.382 e. The zero-order valence-electron chi connectivity index (χ0n) is 17.9. The average molecular weight is 421 g/mol. The fourth-order valence-electron chi connectivity index (χ4n) is 3.96. The Labute approximate surface area is 176 Å². The Balaban J connectivity index is 1.55. The van der Waals surface area contributed by atoms with Crippen LogP contribution in [0.15, 0.2) is 0 Å². The smallest absolute Gasteiger partial charge is 0.323 e. The fourth-order valence-corrected chi connectivity index (χ4v) is 3.96. The quantitative estimate of drug-likeness (QED) is 0.416. The number of likely N-dealkylation sites (tertiary alicyclic amines) is 1. The van der Waals surface area contributed by atoms with Crippen LogP contribution >= 0.6 is 0 Å². The second-order valence-electron chi connectivity index (χ2n) is 8.03. The minimum atomic E-state index is -0.612. The van der Waals surface area contributed by atoms with Gasteiger partial charge in [0, 0.05) is 19.5 Å². The normalized spacial score (nSPS) is 15.7. The molecule has 0 radical (unpaired) electrons. The lowest BCUT2D eigenvalue weighted by molar-refractivity contribution is -0.130. The van der Waals surface area contributed by atoms with E-state index in [4.69, 9.17) is 10.6 Å². The van der Waals surface area contributed by atoms with E-state index in [1.54, 1.807) is 0 Å². The summed E-state index contributed by atoms with van der Waals surface area (Å²) in [4.78, 5) is 28.3. The van der Waals surface area contributed by atoms with Crippen LogP contribution < -0.4 is 10.6 Å².